The van der Waals surface area contributed by atoms with Crippen LogP contribution in [0.4, 0.5) is 0 Å². The molecule has 0 radical (unpaired) electrons. The minimum absolute atomic E-state index is 0.375. The summed E-state index contributed by atoms with van der Waals surface area (Å²) in [5.74, 6) is 1.28. The van der Waals surface area contributed by atoms with E-state index in [-0.39, 0.29) is 0 Å². The van der Waals surface area contributed by atoms with E-state index in [1.807, 2.05) is 18.2 Å². The van der Waals surface area contributed by atoms with Gasteiger partial charge in [0.2, 0.25) is 11.8 Å². The molecule has 70 valence electrons. The van der Waals surface area contributed by atoms with Gasteiger partial charge in [-0.3, -0.25) is 0 Å². The second kappa shape index (κ2) is 3.64. The first-order valence-corrected chi connectivity index (χ1v) is 4.56. The predicted molar refractivity (Wildman–Crippen MR) is 49.1 cm³/mol. The highest BCUT2D eigenvalue weighted by Crippen LogP contribution is 2.24. The van der Waals surface area contributed by atoms with Gasteiger partial charge >= 0.3 is 0 Å². The summed E-state index contributed by atoms with van der Waals surface area (Å²) >= 11 is 0. The summed E-state index contributed by atoms with van der Waals surface area (Å²) in [6.45, 7) is 0. The number of hydrogen-bond acceptors (Lipinski definition) is 3. The standard InChI is InChI=1S/C10H13NO2/c1-12-9-6-3-7-10(11-9)13-8-4-2-5-8/h3,6-8H,2,4-5H2,1H3. The Kier molecular flexibility index (Phi) is 2.34. The molecule has 1 aromatic rings. The van der Waals surface area contributed by atoms with Gasteiger partial charge in [-0.15, -0.1) is 0 Å². The van der Waals surface area contributed by atoms with Crippen LogP contribution in [0.1, 0.15) is 19.3 Å². The fourth-order valence-corrected chi connectivity index (χ4v) is 1.23. The Morgan fingerprint density at radius 1 is 1.31 bits per heavy atom. The molecule has 1 aliphatic carbocycles. The second-order valence-corrected chi connectivity index (χ2v) is 3.19. The molecule has 2 rings (SSSR count). The van der Waals surface area contributed by atoms with Crippen LogP contribution in [0.5, 0.6) is 11.8 Å². The molecule has 13 heavy (non-hydrogen) atoms. The molecule has 1 saturated carbocycles. The molecular formula is C10H13NO2. The van der Waals surface area contributed by atoms with Crippen molar-refractivity contribution in [2.75, 3.05) is 7.11 Å². The maximum absolute atomic E-state index is 5.60. The Balaban J connectivity index is 2.01. The number of aromatic nitrogens is 1. The van der Waals surface area contributed by atoms with Crippen molar-refractivity contribution in [3.63, 3.8) is 0 Å². The van der Waals surface area contributed by atoms with E-state index < -0.39 is 0 Å². The van der Waals surface area contributed by atoms with Crippen LogP contribution in [0.25, 0.3) is 0 Å². The van der Waals surface area contributed by atoms with Crippen molar-refractivity contribution in [2.24, 2.45) is 0 Å². The van der Waals surface area contributed by atoms with Crippen LogP contribution in [0, 0.1) is 0 Å². The highest BCUT2D eigenvalue weighted by molar-refractivity contribution is 5.19. The molecule has 0 unspecified atom stereocenters. The van der Waals surface area contributed by atoms with Gasteiger partial charge in [-0.05, 0) is 19.3 Å². The molecule has 0 aliphatic heterocycles. The van der Waals surface area contributed by atoms with Gasteiger partial charge in [-0.1, -0.05) is 6.07 Å². The van der Waals surface area contributed by atoms with Crippen LogP contribution in [0.15, 0.2) is 18.2 Å². The molecule has 0 saturated heterocycles. The van der Waals surface area contributed by atoms with Crippen molar-refractivity contribution in [3.8, 4) is 11.8 Å². The summed E-state index contributed by atoms with van der Waals surface area (Å²) in [5, 5.41) is 0. The Labute approximate surface area is 77.7 Å². The molecule has 3 nitrogen and oxygen atoms in total. The molecule has 0 N–H and O–H groups in total. The zero-order valence-electron chi connectivity index (χ0n) is 7.69. The molecule has 1 aromatic heterocycles. The van der Waals surface area contributed by atoms with Crippen molar-refractivity contribution in [1.29, 1.82) is 0 Å². The molecule has 1 heterocycles. The van der Waals surface area contributed by atoms with E-state index in [1.54, 1.807) is 7.11 Å². The molecule has 1 aliphatic rings. The largest absolute Gasteiger partial charge is 0.481 e. The lowest BCUT2D eigenvalue weighted by Gasteiger charge is -2.25. The molecular weight excluding hydrogens is 166 g/mol. The zero-order valence-corrected chi connectivity index (χ0v) is 7.69. The van der Waals surface area contributed by atoms with Crippen LogP contribution in [-0.2, 0) is 0 Å². The number of rotatable bonds is 3. The fourth-order valence-electron chi connectivity index (χ4n) is 1.23. The average Bonchev–Trinajstić information content (AvgIpc) is 2.12. The van der Waals surface area contributed by atoms with E-state index >= 15 is 0 Å². The van der Waals surface area contributed by atoms with E-state index in [0.29, 0.717) is 17.9 Å². The summed E-state index contributed by atoms with van der Waals surface area (Å²) < 4.78 is 10.6. The van der Waals surface area contributed by atoms with Crippen LogP contribution in [-0.4, -0.2) is 18.2 Å². The quantitative estimate of drug-likeness (QED) is 0.711. The fraction of sp³-hybridized carbons (Fsp3) is 0.500. The van der Waals surface area contributed by atoms with Gasteiger partial charge in [-0.25, -0.2) is 0 Å². The van der Waals surface area contributed by atoms with Crippen molar-refractivity contribution in [1.82, 2.24) is 4.98 Å². The first-order chi connectivity index (χ1) is 6.38. The third-order valence-electron chi connectivity index (χ3n) is 2.25. The lowest BCUT2D eigenvalue weighted by atomic mass is 9.96. The van der Waals surface area contributed by atoms with Gasteiger partial charge < -0.3 is 9.47 Å². The molecule has 0 spiro atoms. The summed E-state index contributed by atoms with van der Waals surface area (Å²) in [7, 11) is 1.61. The average molecular weight is 179 g/mol. The monoisotopic (exact) mass is 179 g/mol. The Morgan fingerprint density at radius 3 is 2.69 bits per heavy atom. The highest BCUT2D eigenvalue weighted by Gasteiger charge is 2.19. The first-order valence-electron chi connectivity index (χ1n) is 4.56. The van der Waals surface area contributed by atoms with E-state index in [9.17, 15) is 0 Å². The van der Waals surface area contributed by atoms with Gasteiger partial charge in [0.15, 0.2) is 0 Å². The van der Waals surface area contributed by atoms with Crippen molar-refractivity contribution in [2.45, 2.75) is 25.4 Å². The number of methoxy groups -OCH3 is 1. The van der Waals surface area contributed by atoms with E-state index in [2.05, 4.69) is 4.98 Å². The number of hydrogen-bond donors (Lipinski definition) is 0. The maximum atomic E-state index is 5.60. The van der Waals surface area contributed by atoms with Gasteiger partial charge in [-0.2, -0.15) is 4.98 Å². The Morgan fingerprint density at radius 2 is 2.08 bits per heavy atom. The number of nitrogens with zero attached hydrogens (tertiary/aromatic N) is 1. The SMILES string of the molecule is COc1cccc(OC2CCC2)n1. The zero-order chi connectivity index (χ0) is 9.10. The van der Waals surface area contributed by atoms with Crippen LogP contribution >= 0.6 is 0 Å². The van der Waals surface area contributed by atoms with E-state index in [1.165, 1.54) is 6.42 Å². The normalized spacial score (nSPS) is 16.4. The molecule has 0 amide bonds. The summed E-state index contributed by atoms with van der Waals surface area (Å²) in [5.41, 5.74) is 0. The summed E-state index contributed by atoms with van der Waals surface area (Å²) in [4.78, 5) is 4.17. The summed E-state index contributed by atoms with van der Waals surface area (Å²) in [6.07, 6.45) is 3.95. The molecule has 0 aromatic carbocycles. The molecule has 0 bridgehead atoms. The van der Waals surface area contributed by atoms with Gasteiger partial charge in [0.1, 0.15) is 6.10 Å². The Bertz CT molecular complexity index is 284. The number of pyridine rings is 1. The third kappa shape index (κ3) is 1.91. The van der Waals surface area contributed by atoms with Crippen LogP contribution in [0.3, 0.4) is 0 Å². The van der Waals surface area contributed by atoms with Crippen molar-refractivity contribution >= 4 is 0 Å². The highest BCUT2D eigenvalue weighted by atomic mass is 16.5. The maximum Gasteiger partial charge on any atom is 0.216 e. The second-order valence-electron chi connectivity index (χ2n) is 3.19. The van der Waals surface area contributed by atoms with Gasteiger partial charge in [0.25, 0.3) is 0 Å². The minimum atomic E-state index is 0.375. The lowest BCUT2D eigenvalue weighted by molar-refractivity contribution is 0.114. The number of ether oxygens (including phenoxy) is 2. The van der Waals surface area contributed by atoms with Crippen molar-refractivity contribution in [3.05, 3.63) is 18.2 Å². The van der Waals surface area contributed by atoms with Crippen LogP contribution in [0.2, 0.25) is 0 Å². The van der Waals surface area contributed by atoms with Crippen molar-refractivity contribution < 1.29 is 9.47 Å². The minimum Gasteiger partial charge on any atom is -0.481 e. The predicted octanol–water partition coefficient (Wildman–Crippen LogP) is 2.02. The van der Waals surface area contributed by atoms with Gasteiger partial charge in [0, 0.05) is 12.1 Å². The smallest absolute Gasteiger partial charge is 0.216 e. The van der Waals surface area contributed by atoms with Crippen LogP contribution < -0.4 is 9.47 Å². The summed E-state index contributed by atoms with van der Waals surface area (Å²) in [6, 6.07) is 5.56. The van der Waals surface area contributed by atoms with E-state index in [0.717, 1.165) is 12.8 Å². The first kappa shape index (κ1) is 8.35. The van der Waals surface area contributed by atoms with Gasteiger partial charge in [0.05, 0.1) is 7.11 Å². The third-order valence-corrected chi connectivity index (χ3v) is 2.25. The molecule has 1 fully saturated rings. The van der Waals surface area contributed by atoms with E-state index in [4.69, 9.17) is 9.47 Å². The molecule has 0 atom stereocenters. The lowest BCUT2D eigenvalue weighted by Crippen LogP contribution is -2.24. The molecule has 3 heteroatoms. The topological polar surface area (TPSA) is 31.4 Å². The Hall–Kier alpha value is -1.25.